The topological polar surface area (TPSA) is 209 Å². The van der Waals surface area contributed by atoms with Crippen molar-refractivity contribution < 1.29 is 73.0 Å². The van der Waals surface area contributed by atoms with Crippen LogP contribution in [-0.4, -0.2) is 141 Å². The van der Waals surface area contributed by atoms with E-state index in [0.29, 0.717) is 0 Å². The molecule has 6 aliphatic carbocycles. The van der Waals surface area contributed by atoms with Crippen molar-refractivity contribution in [3.63, 3.8) is 0 Å². The molecule has 4 heterocycles. The summed E-state index contributed by atoms with van der Waals surface area (Å²) in [6.07, 6.45) is 0.937. The van der Waals surface area contributed by atoms with Crippen molar-refractivity contribution in [2.45, 2.75) is 192 Å². The molecule has 5 N–H and O–H groups in total. The van der Waals surface area contributed by atoms with Crippen LogP contribution in [0.15, 0.2) is 59.8 Å². The second-order valence-electron chi connectivity index (χ2n) is 23.2. The molecule has 4 bridgehead atoms. The smallest absolute Gasteiger partial charge is 0.303 e. The van der Waals surface area contributed by atoms with E-state index in [1.54, 1.807) is 12.2 Å². The number of aliphatic hydroxyl groups is 5. The Hall–Kier alpha value is -2.80. The van der Waals surface area contributed by atoms with Crippen LogP contribution in [0.25, 0.3) is 0 Å². The quantitative estimate of drug-likeness (QED) is 0.194. The zero-order chi connectivity index (χ0) is 49.1. The molecule has 15 heteroatoms. The fourth-order valence-electron chi connectivity index (χ4n) is 16.2. The Bertz CT molecular complexity index is 2200. The predicted octanol–water partition coefficient (Wildman–Crippen LogP) is 4.52. The van der Waals surface area contributed by atoms with Crippen LogP contribution >= 0.6 is 0 Å². The van der Waals surface area contributed by atoms with Crippen LogP contribution < -0.4 is 0 Å². The highest BCUT2D eigenvalue weighted by Gasteiger charge is 2.78. The molecule has 0 aromatic rings. The first kappa shape index (κ1) is 49.2. The third kappa shape index (κ3) is 6.21. The first-order valence-electron chi connectivity index (χ1n) is 24.2. The van der Waals surface area contributed by atoms with Gasteiger partial charge in [-0.25, -0.2) is 0 Å². The Balaban J connectivity index is 0.000000168. The second-order valence-corrected chi connectivity index (χ2v) is 23.2. The molecule has 10 rings (SSSR count). The number of esters is 2. The summed E-state index contributed by atoms with van der Waals surface area (Å²) in [5.74, 6) is -2.53. The molecule has 0 aromatic carbocycles. The van der Waals surface area contributed by atoms with E-state index < -0.39 is 129 Å². The summed E-state index contributed by atoms with van der Waals surface area (Å²) < 4.78 is 49.4. The van der Waals surface area contributed by atoms with Crippen LogP contribution in [0.1, 0.15) is 102 Å². The number of hydrogen-bond donors (Lipinski definition) is 5. The number of rotatable bonds is 4. The Morgan fingerprint density at radius 1 is 0.701 bits per heavy atom. The summed E-state index contributed by atoms with van der Waals surface area (Å²) in [6, 6.07) is 0. The lowest BCUT2D eigenvalue weighted by Crippen LogP contribution is -2.80. The highest BCUT2D eigenvalue weighted by molar-refractivity contribution is 5.67. The molecule has 7 fully saturated rings. The number of carbonyl (C=O) groups is 2. The van der Waals surface area contributed by atoms with E-state index in [1.165, 1.54) is 13.8 Å². The van der Waals surface area contributed by atoms with Gasteiger partial charge in [0.2, 0.25) is 0 Å². The van der Waals surface area contributed by atoms with E-state index in [9.17, 15) is 35.1 Å². The number of carbonyl (C=O) groups excluding carboxylic acids is 2. The number of hydrogen-bond acceptors (Lipinski definition) is 15. The molecule has 21 atom stereocenters. The van der Waals surface area contributed by atoms with Gasteiger partial charge in [-0.05, 0) is 60.1 Å². The van der Waals surface area contributed by atoms with Crippen molar-refractivity contribution >= 4 is 11.9 Å². The van der Waals surface area contributed by atoms with Gasteiger partial charge in [0.05, 0.1) is 48.8 Å². The van der Waals surface area contributed by atoms with Crippen LogP contribution in [-0.2, 0) is 47.5 Å². The fraction of sp³-hybridized carbons (Fsp3) is 0.769. The van der Waals surface area contributed by atoms with Gasteiger partial charge in [-0.3, -0.25) is 9.59 Å². The van der Waals surface area contributed by atoms with Gasteiger partial charge in [0, 0.05) is 66.6 Å². The van der Waals surface area contributed by atoms with Crippen molar-refractivity contribution in [1.82, 2.24) is 0 Å². The second kappa shape index (κ2) is 15.6. The van der Waals surface area contributed by atoms with Crippen molar-refractivity contribution in [2.75, 3.05) is 13.2 Å². The minimum Gasteiger partial charge on any atom is -0.454 e. The molecule has 0 radical (unpaired) electrons. The van der Waals surface area contributed by atoms with Crippen molar-refractivity contribution in [2.24, 2.45) is 45.3 Å². The molecule has 0 amide bonds. The lowest BCUT2D eigenvalue weighted by molar-refractivity contribution is -0.354. The zero-order valence-electron chi connectivity index (χ0n) is 41.2. The minimum atomic E-state index is -1.38. The highest BCUT2D eigenvalue weighted by Crippen LogP contribution is 2.69. The summed E-state index contributed by atoms with van der Waals surface area (Å²) in [5.41, 5.74) is -4.46. The summed E-state index contributed by atoms with van der Waals surface area (Å²) in [7, 11) is 0. The fourth-order valence-corrected chi connectivity index (χ4v) is 16.2. The van der Waals surface area contributed by atoms with Gasteiger partial charge in [-0.1, -0.05) is 80.7 Å². The largest absolute Gasteiger partial charge is 0.454 e. The van der Waals surface area contributed by atoms with E-state index in [0.717, 1.165) is 22.3 Å². The molecular weight excluding hydrogens is 865 g/mol. The Kier molecular flexibility index (Phi) is 11.5. The van der Waals surface area contributed by atoms with E-state index in [1.807, 2.05) is 68.4 Å². The minimum absolute atomic E-state index is 0.129. The molecule has 0 aromatic heterocycles. The van der Waals surface area contributed by atoms with Crippen LogP contribution in [0.3, 0.4) is 0 Å². The summed E-state index contributed by atoms with van der Waals surface area (Å²) >= 11 is 0. The molecule has 4 aliphatic heterocycles. The molecule has 15 nitrogen and oxygen atoms in total. The zero-order valence-corrected chi connectivity index (χ0v) is 41.2. The molecule has 10 aliphatic rings. The maximum absolute atomic E-state index is 12.5. The molecule has 67 heavy (non-hydrogen) atoms. The van der Waals surface area contributed by atoms with Crippen molar-refractivity contribution in [3.8, 4) is 0 Å². The van der Waals surface area contributed by atoms with Gasteiger partial charge in [-0.2, -0.15) is 0 Å². The number of aliphatic hydroxyl groups excluding tert-OH is 3. The molecule has 0 unspecified atom stereocenters. The number of ether oxygens (including phenoxy) is 8. The summed E-state index contributed by atoms with van der Waals surface area (Å²) in [5, 5.41) is 58.8. The van der Waals surface area contributed by atoms with E-state index >= 15 is 0 Å². The van der Waals surface area contributed by atoms with Gasteiger partial charge in [-0.15, -0.1) is 0 Å². The third-order valence-electron chi connectivity index (χ3n) is 19.6. The van der Waals surface area contributed by atoms with Crippen LogP contribution in [0.5, 0.6) is 0 Å². The highest BCUT2D eigenvalue weighted by atomic mass is 16.7. The van der Waals surface area contributed by atoms with Crippen molar-refractivity contribution in [1.29, 1.82) is 0 Å². The Morgan fingerprint density at radius 2 is 1.16 bits per heavy atom. The van der Waals surface area contributed by atoms with Gasteiger partial charge in [0.15, 0.2) is 23.8 Å². The molecule has 0 spiro atoms. The average Bonchev–Trinajstić information content (AvgIpc) is 3.86. The van der Waals surface area contributed by atoms with Crippen molar-refractivity contribution in [3.05, 3.63) is 59.8 Å². The Morgan fingerprint density at radius 3 is 1.61 bits per heavy atom. The first-order valence-corrected chi connectivity index (χ1v) is 24.2. The number of fused-ring (bicyclic) bond motifs is 16. The normalized spacial score (nSPS) is 52.7. The third-order valence-corrected chi connectivity index (χ3v) is 19.6. The molecule has 3 saturated carbocycles. The van der Waals surface area contributed by atoms with Crippen LogP contribution in [0.4, 0.5) is 0 Å². The van der Waals surface area contributed by atoms with Crippen LogP contribution in [0, 0.1) is 45.3 Å². The Labute approximate surface area is 394 Å². The van der Waals surface area contributed by atoms with E-state index in [4.69, 9.17) is 37.9 Å². The summed E-state index contributed by atoms with van der Waals surface area (Å²) in [4.78, 5) is 24.6. The van der Waals surface area contributed by atoms with Gasteiger partial charge >= 0.3 is 11.9 Å². The molecule has 4 saturated heterocycles. The first-order chi connectivity index (χ1) is 31.1. The average molecular weight is 939 g/mol. The maximum atomic E-state index is 12.5. The maximum Gasteiger partial charge on any atom is 0.303 e. The monoisotopic (exact) mass is 939 g/mol. The predicted molar refractivity (Wildman–Crippen MR) is 241 cm³/mol. The van der Waals surface area contributed by atoms with Gasteiger partial charge in [0.1, 0.15) is 30.5 Å². The van der Waals surface area contributed by atoms with Gasteiger partial charge in [0.25, 0.3) is 0 Å². The van der Waals surface area contributed by atoms with Gasteiger partial charge < -0.3 is 63.4 Å². The molecule has 372 valence electrons. The SMILES string of the molecule is C=C[C@@H]1O[C@@H]2C3=C(C)[C@@H](O)C[C@@](O)([C@@H](C)[C@@H]4[C@]5(OC(C)=O)CO[C@@H]5C[C@H](O)[C@@]4(C)[C@@H]2O1)C3(C)C.C=C[C@@H]1O[C@@H]2C3=C(C)[C@@H](O)C[C@@](O)([C@@H](C)[C@H]4[C@@](C)(C=C[C@H]5OC[C@]54OC(C)=O)[C@@H]2O1)C3(C)C. The lowest BCUT2D eigenvalue weighted by Gasteiger charge is -2.69. The van der Waals surface area contributed by atoms with Crippen LogP contribution in [0.2, 0.25) is 0 Å². The van der Waals surface area contributed by atoms with E-state index in [2.05, 4.69) is 26.2 Å². The molecular formula is C52H74O15. The lowest BCUT2D eigenvalue weighted by atomic mass is 9.42. The summed E-state index contributed by atoms with van der Waals surface area (Å²) in [6.45, 7) is 30.7. The van der Waals surface area contributed by atoms with E-state index in [-0.39, 0.29) is 50.3 Å². The standard InChI is InChI=1S/C26H38O8.C26H36O7/c1-8-18-32-20-19-12(2)15(28)10-26(30,23(19,5)6)13(3)21-24(7,22(20)33-18)16(29)9-17-25(21,11-31-17)34-14(4)27;1-8-18-31-20-19-13(2)16(28)11-26(29,23(19,5)6)14(3)21-24(7,22(20)32-18)10-9-17-25(21,12-30-17)33-15(4)27/h8,13,15-18,20-22,28-30H,1,9-11H2,2-7H3;8-10,14,16-18,20-22,28-29H,1,11-12H2,2-7H3/t13-,15-,16-,17+,18+,20+,21-,22+,24+,25-,26+;14-,16-,17+,18+,20+,21-,22+,24+,25-,26+/m00/s1.